The number of hydrogen-bond donors (Lipinski definition) is 0. The maximum Gasteiger partial charge on any atom is 0.175 e. The van der Waals surface area contributed by atoms with E-state index in [1.807, 2.05) is 22.7 Å². The summed E-state index contributed by atoms with van der Waals surface area (Å²) in [6.45, 7) is 0. The number of halogens is 1. The van der Waals surface area contributed by atoms with Crippen LogP contribution >= 0.6 is 27.3 Å². The van der Waals surface area contributed by atoms with Crippen molar-refractivity contribution in [3.63, 3.8) is 0 Å². The highest BCUT2D eigenvalue weighted by Gasteiger charge is 2.08. The third-order valence-electron chi connectivity index (χ3n) is 2.37. The first-order chi connectivity index (χ1) is 7.84. The number of aromatic nitrogens is 3. The van der Waals surface area contributed by atoms with E-state index >= 15 is 0 Å². The fraction of sp³-hybridized carbons (Fsp3) is 0.0909. The van der Waals surface area contributed by atoms with Gasteiger partial charge in [0.15, 0.2) is 5.65 Å². The normalized spacial score (nSPS) is 11.1. The predicted molar refractivity (Wildman–Crippen MR) is 67.8 cm³/mol. The Balaban J connectivity index is 2.08. The van der Waals surface area contributed by atoms with Gasteiger partial charge in [-0.3, -0.25) is 4.40 Å². The molecule has 0 fully saturated rings. The molecule has 3 aromatic rings. The first-order valence-corrected chi connectivity index (χ1v) is 6.52. The summed E-state index contributed by atoms with van der Waals surface area (Å²) in [7, 11) is 0. The number of fused-ring (bicyclic) bond motifs is 1. The minimum absolute atomic E-state index is 0.829. The Labute approximate surface area is 105 Å². The molecule has 0 saturated carbocycles. The van der Waals surface area contributed by atoms with E-state index in [0.29, 0.717) is 0 Å². The lowest BCUT2D eigenvalue weighted by Crippen LogP contribution is -1.94. The first-order valence-electron chi connectivity index (χ1n) is 4.85. The van der Waals surface area contributed by atoms with Crippen molar-refractivity contribution in [2.75, 3.05) is 0 Å². The fourth-order valence-electron chi connectivity index (χ4n) is 1.62. The molecular formula is C11H8BrN3S. The highest BCUT2D eigenvalue weighted by Crippen LogP contribution is 2.19. The molecule has 0 spiro atoms. The molecule has 0 unspecified atom stereocenters. The predicted octanol–water partition coefficient (Wildman–Crippen LogP) is 3.14. The minimum Gasteiger partial charge on any atom is -0.285 e. The lowest BCUT2D eigenvalue weighted by Gasteiger charge is -1.98. The van der Waals surface area contributed by atoms with Gasteiger partial charge in [-0.15, -0.1) is 21.5 Å². The van der Waals surface area contributed by atoms with Gasteiger partial charge >= 0.3 is 0 Å². The second kappa shape index (κ2) is 3.99. The van der Waals surface area contributed by atoms with Crippen LogP contribution in [0.15, 0.2) is 40.3 Å². The van der Waals surface area contributed by atoms with Gasteiger partial charge in [0.2, 0.25) is 0 Å². The number of pyridine rings is 1. The van der Waals surface area contributed by atoms with Gasteiger partial charge in [-0.25, -0.2) is 0 Å². The van der Waals surface area contributed by atoms with Gasteiger partial charge in [0.1, 0.15) is 5.82 Å². The second-order valence-corrected chi connectivity index (χ2v) is 5.31. The Kier molecular flexibility index (Phi) is 2.49. The number of nitrogens with zero attached hydrogens (tertiary/aromatic N) is 3. The van der Waals surface area contributed by atoms with E-state index in [-0.39, 0.29) is 0 Å². The molecule has 5 heteroatoms. The minimum atomic E-state index is 0.829. The average Bonchev–Trinajstić information content (AvgIpc) is 2.90. The largest absolute Gasteiger partial charge is 0.285 e. The van der Waals surface area contributed by atoms with E-state index in [4.69, 9.17) is 0 Å². The van der Waals surface area contributed by atoms with Crippen LogP contribution in [-0.4, -0.2) is 14.6 Å². The molecule has 0 aliphatic heterocycles. The van der Waals surface area contributed by atoms with Crippen LogP contribution in [0.2, 0.25) is 0 Å². The Bertz CT molecular complexity index is 615. The third kappa shape index (κ3) is 1.66. The Morgan fingerprint density at radius 2 is 2.19 bits per heavy atom. The van der Waals surface area contributed by atoms with E-state index in [1.165, 1.54) is 4.88 Å². The fourth-order valence-corrected chi connectivity index (χ4v) is 2.75. The van der Waals surface area contributed by atoms with Crippen LogP contribution in [-0.2, 0) is 6.42 Å². The molecule has 0 amide bonds. The van der Waals surface area contributed by atoms with Crippen LogP contribution < -0.4 is 0 Å². The molecule has 3 aromatic heterocycles. The maximum atomic E-state index is 4.22. The lowest BCUT2D eigenvalue weighted by atomic mass is 10.3. The molecule has 0 bridgehead atoms. The smallest absolute Gasteiger partial charge is 0.175 e. The topological polar surface area (TPSA) is 30.2 Å². The number of hydrogen-bond acceptors (Lipinski definition) is 3. The van der Waals surface area contributed by atoms with E-state index in [0.717, 1.165) is 22.4 Å². The van der Waals surface area contributed by atoms with Crippen LogP contribution in [0.3, 0.4) is 0 Å². The van der Waals surface area contributed by atoms with Crippen molar-refractivity contribution in [2.24, 2.45) is 0 Å². The van der Waals surface area contributed by atoms with Gasteiger partial charge in [-0.2, -0.15) is 0 Å². The van der Waals surface area contributed by atoms with Crippen molar-refractivity contribution in [2.45, 2.75) is 6.42 Å². The van der Waals surface area contributed by atoms with Gasteiger partial charge in [0.05, 0.1) is 4.47 Å². The Hall–Kier alpha value is -1.20. The zero-order chi connectivity index (χ0) is 11.0. The zero-order valence-corrected chi connectivity index (χ0v) is 10.7. The van der Waals surface area contributed by atoms with Gasteiger partial charge in [-0.05, 0) is 39.5 Å². The molecule has 0 N–H and O–H groups in total. The monoisotopic (exact) mass is 293 g/mol. The summed E-state index contributed by atoms with van der Waals surface area (Å²) in [5.41, 5.74) is 0.869. The van der Waals surface area contributed by atoms with Crippen LogP contribution in [0.4, 0.5) is 0 Å². The quantitative estimate of drug-likeness (QED) is 0.727. The highest BCUT2D eigenvalue weighted by atomic mass is 79.9. The van der Waals surface area contributed by atoms with Crippen molar-refractivity contribution in [1.29, 1.82) is 0 Å². The molecule has 0 atom stereocenters. The molecule has 0 radical (unpaired) electrons. The molecule has 80 valence electrons. The molecular weight excluding hydrogens is 286 g/mol. The van der Waals surface area contributed by atoms with Gasteiger partial charge in [-0.1, -0.05) is 6.07 Å². The Morgan fingerprint density at radius 1 is 1.25 bits per heavy atom. The standard InChI is InChI=1S/C11H8BrN3S/c12-9-4-1-5-15-10(13-14-11(9)15)7-8-3-2-6-16-8/h1-6H,7H2. The third-order valence-corrected chi connectivity index (χ3v) is 3.87. The summed E-state index contributed by atoms with van der Waals surface area (Å²) in [4.78, 5) is 1.30. The van der Waals surface area contributed by atoms with Crippen LogP contribution in [0, 0.1) is 0 Å². The van der Waals surface area contributed by atoms with E-state index in [2.05, 4.69) is 43.6 Å². The van der Waals surface area contributed by atoms with Crippen molar-refractivity contribution < 1.29 is 0 Å². The second-order valence-electron chi connectivity index (χ2n) is 3.42. The first kappa shape index (κ1) is 9.99. The molecule has 3 rings (SSSR count). The number of rotatable bonds is 2. The highest BCUT2D eigenvalue weighted by molar-refractivity contribution is 9.10. The molecule has 0 aliphatic rings. The Morgan fingerprint density at radius 3 is 3.00 bits per heavy atom. The summed E-state index contributed by atoms with van der Waals surface area (Å²) < 4.78 is 2.99. The molecule has 0 aromatic carbocycles. The van der Waals surface area contributed by atoms with Gasteiger partial charge in [0, 0.05) is 17.5 Å². The average molecular weight is 294 g/mol. The summed E-state index contributed by atoms with van der Waals surface area (Å²) >= 11 is 5.21. The molecule has 0 aliphatic carbocycles. The summed E-state index contributed by atoms with van der Waals surface area (Å²) in [5.74, 6) is 0.971. The van der Waals surface area contributed by atoms with Crippen molar-refractivity contribution in [3.8, 4) is 0 Å². The lowest BCUT2D eigenvalue weighted by molar-refractivity contribution is 0.944. The van der Waals surface area contributed by atoms with Crippen molar-refractivity contribution in [1.82, 2.24) is 14.6 Å². The van der Waals surface area contributed by atoms with Crippen molar-refractivity contribution >= 4 is 32.9 Å². The van der Waals surface area contributed by atoms with Crippen LogP contribution in [0.5, 0.6) is 0 Å². The van der Waals surface area contributed by atoms with E-state index < -0.39 is 0 Å². The maximum absolute atomic E-state index is 4.22. The summed E-state index contributed by atoms with van der Waals surface area (Å²) in [5, 5.41) is 10.5. The van der Waals surface area contributed by atoms with E-state index in [9.17, 15) is 0 Å². The molecule has 0 saturated heterocycles. The van der Waals surface area contributed by atoms with E-state index in [1.54, 1.807) is 11.3 Å². The number of thiophene rings is 1. The summed E-state index contributed by atoms with van der Waals surface area (Å²) in [6.07, 6.45) is 2.82. The molecule has 3 nitrogen and oxygen atoms in total. The molecule has 16 heavy (non-hydrogen) atoms. The van der Waals surface area contributed by atoms with Gasteiger partial charge < -0.3 is 0 Å². The van der Waals surface area contributed by atoms with Crippen LogP contribution in [0.25, 0.3) is 5.65 Å². The molecule has 3 heterocycles. The van der Waals surface area contributed by atoms with Gasteiger partial charge in [0.25, 0.3) is 0 Å². The van der Waals surface area contributed by atoms with Crippen molar-refractivity contribution in [3.05, 3.63) is 51.0 Å². The van der Waals surface area contributed by atoms with Crippen LogP contribution in [0.1, 0.15) is 10.7 Å². The zero-order valence-electron chi connectivity index (χ0n) is 8.30. The SMILES string of the molecule is Brc1cccn2c(Cc3cccs3)nnc12. The summed E-state index contributed by atoms with van der Waals surface area (Å²) in [6, 6.07) is 8.13.